The maximum atomic E-state index is 14.0. The molecule has 0 aromatic heterocycles. The van der Waals surface area contributed by atoms with Gasteiger partial charge in [0.15, 0.2) is 5.78 Å². The number of hydrogen-bond acceptors (Lipinski definition) is 7. The van der Waals surface area contributed by atoms with Crippen LogP contribution < -0.4 is 15.4 Å². The van der Waals surface area contributed by atoms with Gasteiger partial charge in [0, 0.05) is 34.8 Å². The number of rotatable bonds is 6. The van der Waals surface area contributed by atoms with Crippen molar-refractivity contribution < 1.29 is 14.5 Å². The predicted molar refractivity (Wildman–Crippen MR) is 167 cm³/mol. The van der Waals surface area contributed by atoms with E-state index in [4.69, 9.17) is 33.7 Å². The molecule has 0 spiro atoms. The number of nitrogens with two attached hydrogens (primary N) is 1. The van der Waals surface area contributed by atoms with Crippen molar-refractivity contribution in [1.82, 2.24) is 0 Å². The standard InChI is InChI=1S/C33H30Cl2N4O4/c1-18-11-19(2)24(12-20(18)17-43-23-8-5-21(34)6-9-23)30-25(16-36)32(37)38(27-10-7-22(39(41)42)13-26(27)35)28-14-33(3,4)15-29(40)31(28)30/h5-13,30H,14-15,17,37H2,1-4H3. The number of benzene rings is 3. The first kappa shape index (κ1) is 30.1. The van der Waals surface area contributed by atoms with E-state index in [2.05, 4.69) is 6.07 Å². The highest BCUT2D eigenvalue weighted by Crippen LogP contribution is 2.52. The quantitative estimate of drug-likeness (QED) is 0.219. The molecule has 2 aliphatic rings. The van der Waals surface area contributed by atoms with Gasteiger partial charge < -0.3 is 10.5 Å². The normalized spacial score (nSPS) is 17.9. The van der Waals surface area contributed by atoms with Crippen LogP contribution >= 0.6 is 23.2 Å². The summed E-state index contributed by atoms with van der Waals surface area (Å²) >= 11 is 12.6. The molecule has 3 aromatic carbocycles. The largest absolute Gasteiger partial charge is 0.489 e. The van der Waals surface area contributed by atoms with Gasteiger partial charge in [0.05, 0.1) is 33.2 Å². The van der Waals surface area contributed by atoms with Crippen LogP contribution in [0.25, 0.3) is 0 Å². The Morgan fingerprint density at radius 2 is 1.79 bits per heavy atom. The number of non-ortho nitro benzene ring substituents is 1. The number of ketones is 1. The van der Waals surface area contributed by atoms with Crippen LogP contribution in [-0.2, 0) is 11.4 Å². The van der Waals surface area contributed by atoms with Gasteiger partial charge in [-0.3, -0.25) is 19.8 Å². The van der Waals surface area contributed by atoms with E-state index in [-0.39, 0.29) is 34.5 Å². The molecule has 0 amide bonds. The number of hydrogen-bond donors (Lipinski definition) is 1. The molecule has 0 saturated carbocycles. The first-order chi connectivity index (χ1) is 20.3. The van der Waals surface area contributed by atoms with E-state index in [1.165, 1.54) is 18.2 Å². The molecule has 0 fully saturated rings. The maximum absolute atomic E-state index is 14.0. The SMILES string of the molecule is Cc1cc(C)c(C2C(C#N)=C(N)N(c3ccc([N+](=O)[O-])cc3Cl)C3=C2C(=O)CC(C)(C)C3)cc1COc1ccc(Cl)cc1. The summed E-state index contributed by atoms with van der Waals surface area (Å²) in [6.07, 6.45) is 0.773. The molecule has 0 bridgehead atoms. The van der Waals surface area contributed by atoms with Crippen molar-refractivity contribution in [3.8, 4) is 11.8 Å². The van der Waals surface area contributed by atoms with Crippen molar-refractivity contribution >= 4 is 40.4 Å². The first-order valence-corrected chi connectivity index (χ1v) is 14.5. The number of nitro benzene ring substituents is 1. The van der Waals surface area contributed by atoms with Crippen LogP contribution in [0.2, 0.25) is 10.0 Å². The van der Waals surface area contributed by atoms with Crippen LogP contribution in [0.4, 0.5) is 11.4 Å². The molecule has 1 aliphatic carbocycles. The minimum Gasteiger partial charge on any atom is -0.489 e. The number of Topliss-reactive ketones (excluding diaryl/α,β-unsaturated/α-hetero) is 1. The summed E-state index contributed by atoms with van der Waals surface area (Å²) in [6.45, 7) is 8.22. The zero-order valence-corrected chi connectivity index (χ0v) is 25.7. The number of anilines is 1. The average molecular weight is 618 g/mol. The molecule has 1 heterocycles. The second-order valence-corrected chi connectivity index (χ2v) is 12.6. The Bertz CT molecular complexity index is 1770. The van der Waals surface area contributed by atoms with Crippen molar-refractivity contribution in [2.75, 3.05) is 4.90 Å². The highest BCUT2D eigenvalue weighted by atomic mass is 35.5. The molecule has 10 heteroatoms. The summed E-state index contributed by atoms with van der Waals surface area (Å²) in [5, 5.41) is 22.6. The zero-order chi connectivity index (χ0) is 31.2. The molecule has 1 atom stereocenters. The van der Waals surface area contributed by atoms with Crippen molar-refractivity contribution in [2.24, 2.45) is 11.1 Å². The summed E-state index contributed by atoms with van der Waals surface area (Å²) < 4.78 is 6.04. The maximum Gasteiger partial charge on any atom is 0.271 e. The monoisotopic (exact) mass is 616 g/mol. The number of nitrogens with zero attached hydrogens (tertiary/aromatic N) is 3. The summed E-state index contributed by atoms with van der Waals surface area (Å²) in [5.41, 5.74) is 11.5. The fourth-order valence-electron chi connectivity index (χ4n) is 5.96. The molecular weight excluding hydrogens is 587 g/mol. The number of nitriles is 1. The van der Waals surface area contributed by atoms with Crippen molar-refractivity contribution in [2.45, 2.75) is 53.1 Å². The third kappa shape index (κ3) is 5.71. The Balaban J connectivity index is 1.67. The van der Waals surface area contributed by atoms with Crippen LogP contribution in [0.5, 0.6) is 5.75 Å². The van der Waals surface area contributed by atoms with Gasteiger partial charge in [-0.15, -0.1) is 0 Å². The number of aryl methyl sites for hydroxylation is 2. The highest BCUT2D eigenvalue weighted by Gasteiger charge is 2.45. The molecule has 8 nitrogen and oxygen atoms in total. The van der Waals surface area contributed by atoms with E-state index in [0.717, 1.165) is 22.3 Å². The first-order valence-electron chi connectivity index (χ1n) is 13.7. The Morgan fingerprint density at radius 1 is 1.09 bits per heavy atom. The number of carbonyl (C=O) groups excluding carboxylic acids is 1. The number of ether oxygens (including phenoxy) is 1. The van der Waals surface area contributed by atoms with Crippen LogP contribution in [0.1, 0.15) is 54.9 Å². The third-order valence-electron chi connectivity index (χ3n) is 8.01. The Labute approximate surface area is 260 Å². The van der Waals surface area contributed by atoms with Crippen LogP contribution in [0.15, 0.2) is 77.3 Å². The van der Waals surface area contributed by atoms with Crippen molar-refractivity contribution in [3.63, 3.8) is 0 Å². The Kier molecular flexibility index (Phi) is 7.99. The Hall–Kier alpha value is -4.32. The van der Waals surface area contributed by atoms with Crippen LogP contribution in [-0.4, -0.2) is 10.7 Å². The molecule has 1 aliphatic heterocycles. The van der Waals surface area contributed by atoms with E-state index in [1.54, 1.807) is 29.2 Å². The van der Waals surface area contributed by atoms with Gasteiger partial charge in [0.25, 0.3) is 5.69 Å². The number of allylic oxidation sites excluding steroid dienone is 3. The summed E-state index contributed by atoms with van der Waals surface area (Å²) in [4.78, 5) is 26.5. The third-order valence-corrected chi connectivity index (χ3v) is 8.56. The zero-order valence-electron chi connectivity index (χ0n) is 24.2. The van der Waals surface area contributed by atoms with E-state index >= 15 is 0 Å². The van der Waals surface area contributed by atoms with Crippen molar-refractivity contribution in [3.05, 3.63) is 120 Å². The van der Waals surface area contributed by atoms with Gasteiger partial charge in [0.1, 0.15) is 18.2 Å². The highest BCUT2D eigenvalue weighted by molar-refractivity contribution is 6.33. The molecule has 3 aromatic rings. The second-order valence-electron chi connectivity index (χ2n) is 11.8. The molecule has 2 N–H and O–H groups in total. The lowest BCUT2D eigenvalue weighted by atomic mass is 9.68. The lowest BCUT2D eigenvalue weighted by molar-refractivity contribution is -0.384. The van der Waals surface area contributed by atoms with Gasteiger partial charge in [-0.05, 0) is 78.3 Å². The summed E-state index contributed by atoms with van der Waals surface area (Å²) in [5.74, 6) is 0.00668. The molecule has 0 radical (unpaired) electrons. The average Bonchev–Trinajstić information content (AvgIpc) is 2.93. The summed E-state index contributed by atoms with van der Waals surface area (Å²) in [7, 11) is 0. The minimum absolute atomic E-state index is 0.0847. The van der Waals surface area contributed by atoms with Crippen LogP contribution in [0, 0.1) is 40.7 Å². The van der Waals surface area contributed by atoms with E-state index in [0.29, 0.717) is 40.6 Å². The molecule has 43 heavy (non-hydrogen) atoms. The molecule has 220 valence electrons. The number of halogens is 2. The van der Waals surface area contributed by atoms with E-state index in [9.17, 15) is 20.2 Å². The van der Waals surface area contributed by atoms with Gasteiger partial charge in [-0.1, -0.05) is 49.2 Å². The van der Waals surface area contributed by atoms with E-state index in [1.807, 2.05) is 39.8 Å². The minimum atomic E-state index is -0.702. The molecule has 1 unspecified atom stereocenters. The van der Waals surface area contributed by atoms with Gasteiger partial charge in [0.2, 0.25) is 0 Å². The molecule has 5 rings (SSSR count). The topological polar surface area (TPSA) is 122 Å². The van der Waals surface area contributed by atoms with Gasteiger partial charge in [-0.25, -0.2) is 0 Å². The lowest BCUT2D eigenvalue weighted by Crippen LogP contribution is -2.42. The lowest BCUT2D eigenvalue weighted by Gasteiger charge is -2.44. The molecular formula is C33H30Cl2N4O4. The number of nitro groups is 1. The van der Waals surface area contributed by atoms with Gasteiger partial charge in [-0.2, -0.15) is 5.26 Å². The molecule has 0 saturated heterocycles. The smallest absolute Gasteiger partial charge is 0.271 e. The predicted octanol–water partition coefficient (Wildman–Crippen LogP) is 8.04. The summed E-state index contributed by atoms with van der Waals surface area (Å²) in [6, 6.07) is 17.5. The fourth-order valence-corrected chi connectivity index (χ4v) is 6.35. The van der Waals surface area contributed by atoms with Crippen molar-refractivity contribution in [1.29, 1.82) is 5.26 Å². The fraction of sp³-hybridized carbons (Fsp3) is 0.273. The van der Waals surface area contributed by atoms with Crippen LogP contribution in [0.3, 0.4) is 0 Å². The van der Waals surface area contributed by atoms with E-state index < -0.39 is 16.3 Å². The Morgan fingerprint density at radius 3 is 2.42 bits per heavy atom. The van der Waals surface area contributed by atoms with Gasteiger partial charge >= 0.3 is 0 Å². The second kappa shape index (κ2) is 11.4. The number of carbonyl (C=O) groups is 1.